The second-order valence-electron chi connectivity index (χ2n) is 7.61. The zero-order chi connectivity index (χ0) is 21.4. The highest BCUT2D eigenvalue weighted by Gasteiger charge is 2.26. The quantitative estimate of drug-likeness (QED) is 0.460. The molecule has 1 saturated heterocycles. The molecule has 0 aromatic heterocycles. The van der Waals surface area contributed by atoms with Crippen molar-refractivity contribution in [3.63, 3.8) is 0 Å². The zero-order valence-electron chi connectivity index (χ0n) is 16.4. The van der Waals surface area contributed by atoms with Crippen LogP contribution in [0, 0.1) is 0 Å². The lowest BCUT2D eigenvalue weighted by Gasteiger charge is -2.31. The molecule has 2 aromatic carbocycles. The second kappa shape index (κ2) is 8.63. The van der Waals surface area contributed by atoms with Crippen molar-refractivity contribution < 1.29 is 14.7 Å². The average molecular weight is 535 g/mol. The van der Waals surface area contributed by atoms with Crippen LogP contribution >= 0.6 is 31.9 Å². The summed E-state index contributed by atoms with van der Waals surface area (Å²) in [6, 6.07) is 8.82. The number of piperazine rings is 1. The monoisotopic (exact) mass is 533 g/mol. The Labute approximate surface area is 191 Å². The molecule has 2 aromatic rings. The van der Waals surface area contributed by atoms with Gasteiger partial charge in [-0.05, 0) is 80.9 Å². The minimum absolute atomic E-state index is 0.0520. The molecule has 30 heavy (non-hydrogen) atoms. The summed E-state index contributed by atoms with van der Waals surface area (Å²) in [6.45, 7) is 4.05. The lowest BCUT2D eigenvalue weighted by molar-refractivity contribution is -0.110. The molecular weight excluding hydrogens is 514 g/mol. The summed E-state index contributed by atoms with van der Waals surface area (Å²) in [5.41, 5.74) is 3.24. The van der Waals surface area contributed by atoms with Gasteiger partial charge in [0.1, 0.15) is 5.75 Å². The van der Waals surface area contributed by atoms with Crippen LogP contribution in [-0.2, 0) is 4.79 Å². The maximum atomic E-state index is 12.8. The Morgan fingerprint density at radius 2 is 1.80 bits per heavy atom. The van der Waals surface area contributed by atoms with Crippen molar-refractivity contribution >= 4 is 60.9 Å². The highest BCUT2D eigenvalue weighted by Crippen LogP contribution is 2.37. The van der Waals surface area contributed by atoms with Crippen molar-refractivity contribution in [2.24, 2.45) is 0 Å². The molecule has 2 aliphatic heterocycles. The summed E-state index contributed by atoms with van der Waals surface area (Å²) in [7, 11) is 2.09. The number of phenolic OH excluding ortho intramolecular Hbond substituents is 1. The summed E-state index contributed by atoms with van der Waals surface area (Å²) in [5, 5.41) is 12.8. The third kappa shape index (κ3) is 4.37. The van der Waals surface area contributed by atoms with Crippen molar-refractivity contribution in [3.05, 3.63) is 56.0 Å². The van der Waals surface area contributed by atoms with Crippen molar-refractivity contribution in [1.29, 1.82) is 0 Å². The minimum atomic E-state index is -0.214. The smallest absolute Gasteiger partial charge is 0.256 e. The number of ketones is 1. The van der Waals surface area contributed by atoms with Crippen LogP contribution in [0.3, 0.4) is 0 Å². The average Bonchev–Trinajstić information content (AvgIpc) is 3.02. The van der Waals surface area contributed by atoms with Crippen molar-refractivity contribution in [3.8, 4) is 5.75 Å². The van der Waals surface area contributed by atoms with Gasteiger partial charge in [0.25, 0.3) is 5.91 Å². The molecule has 156 valence electrons. The number of nitrogens with one attached hydrogen (secondary N) is 1. The third-order valence-corrected chi connectivity index (χ3v) is 6.65. The number of aromatic hydroxyl groups is 1. The molecule has 0 atom stereocenters. The predicted molar refractivity (Wildman–Crippen MR) is 125 cm³/mol. The molecule has 6 nitrogen and oxygen atoms in total. The van der Waals surface area contributed by atoms with E-state index < -0.39 is 0 Å². The molecule has 1 amide bonds. The molecule has 0 unspecified atom stereocenters. The van der Waals surface area contributed by atoms with Crippen LogP contribution in [0.4, 0.5) is 5.69 Å². The SMILES string of the molecule is CN1CCN(CC(=O)c2ccc3c(c2)C(=Cc2cc(Br)c(O)c(Br)c2)C(=O)N3)CC1. The van der Waals surface area contributed by atoms with E-state index in [1.165, 1.54) is 0 Å². The summed E-state index contributed by atoms with van der Waals surface area (Å²) >= 11 is 6.62. The number of likely N-dealkylation sites (N-methyl/N-ethyl adjacent to an activating group) is 1. The Balaban J connectivity index is 1.61. The first-order valence-corrected chi connectivity index (χ1v) is 11.2. The molecule has 0 bridgehead atoms. The van der Waals surface area contributed by atoms with Crippen molar-refractivity contribution in [1.82, 2.24) is 9.80 Å². The van der Waals surface area contributed by atoms with Crippen LogP contribution in [0.5, 0.6) is 5.75 Å². The first-order chi connectivity index (χ1) is 14.3. The lowest BCUT2D eigenvalue weighted by Crippen LogP contribution is -2.46. The van der Waals surface area contributed by atoms with E-state index in [1.807, 2.05) is 0 Å². The predicted octanol–water partition coefficient (Wildman–Crippen LogP) is 3.84. The largest absolute Gasteiger partial charge is 0.506 e. The van der Waals surface area contributed by atoms with E-state index in [-0.39, 0.29) is 17.4 Å². The fourth-order valence-corrected chi connectivity index (χ4v) is 4.86. The van der Waals surface area contributed by atoms with Crippen LogP contribution in [-0.4, -0.2) is 66.4 Å². The van der Waals surface area contributed by atoms with Gasteiger partial charge in [0.05, 0.1) is 15.5 Å². The molecule has 0 radical (unpaired) electrons. The van der Waals surface area contributed by atoms with E-state index in [9.17, 15) is 14.7 Å². The molecule has 2 heterocycles. The Kier molecular flexibility index (Phi) is 6.11. The molecular formula is C22H21Br2N3O3. The number of phenols is 1. The molecule has 2 N–H and O–H groups in total. The molecule has 1 fully saturated rings. The molecule has 0 saturated carbocycles. The number of Topliss-reactive ketones (excluding diaryl/α,β-unsaturated/α-hetero) is 1. The number of amides is 1. The van der Waals surface area contributed by atoms with E-state index in [0.29, 0.717) is 37.9 Å². The molecule has 0 spiro atoms. The van der Waals surface area contributed by atoms with Crippen LogP contribution in [0.1, 0.15) is 21.5 Å². The van der Waals surface area contributed by atoms with Gasteiger partial charge in [-0.15, -0.1) is 0 Å². The zero-order valence-corrected chi connectivity index (χ0v) is 19.6. The third-order valence-electron chi connectivity index (χ3n) is 5.44. The van der Waals surface area contributed by atoms with E-state index in [2.05, 4.69) is 54.0 Å². The molecule has 8 heteroatoms. The van der Waals surface area contributed by atoms with Crippen LogP contribution in [0.2, 0.25) is 0 Å². The number of nitrogens with zero attached hydrogens (tertiary/aromatic N) is 2. The number of rotatable bonds is 4. The van der Waals surface area contributed by atoms with E-state index >= 15 is 0 Å². The maximum Gasteiger partial charge on any atom is 0.256 e. The normalized spacial score (nSPS) is 18.5. The standard InChI is InChI=1S/C22H21Br2N3O3/c1-26-4-6-27(7-5-26)12-20(28)14-2-3-19-15(11-14)16(22(30)25-19)8-13-9-17(23)21(29)18(24)10-13/h2-3,8-11,29H,4-7,12H2,1H3,(H,25,30). The second-order valence-corrected chi connectivity index (χ2v) is 9.32. The summed E-state index contributed by atoms with van der Waals surface area (Å²) < 4.78 is 1.05. The van der Waals surface area contributed by atoms with Crippen LogP contribution in [0.25, 0.3) is 11.6 Å². The van der Waals surface area contributed by atoms with E-state index in [4.69, 9.17) is 0 Å². The molecule has 2 aliphatic rings. The number of halogens is 2. The Hall–Kier alpha value is -2.00. The number of carbonyl (C=O) groups excluding carboxylic acids is 2. The lowest BCUT2D eigenvalue weighted by atomic mass is 9.99. The van der Waals surface area contributed by atoms with Crippen molar-refractivity contribution in [2.45, 2.75) is 0 Å². The van der Waals surface area contributed by atoms with Gasteiger partial charge in [-0.1, -0.05) is 0 Å². The number of benzene rings is 2. The fourth-order valence-electron chi connectivity index (χ4n) is 3.64. The van der Waals surface area contributed by atoms with E-state index in [1.54, 1.807) is 36.4 Å². The molecule has 0 aliphatic carbocycles. The number of fused-ring (bicyclic) bond motifs is 1. The summed E-state index contributed by atoms with van der Waals surface area (Å²) in [5.74, 6) is -0.0598. The van der Waals surface area contributed by atoms with Gasteiger partial charge in [0.2, 0.25) is 0 Å². The number of anilines is 1. The topological polar surface area (TPSA) is 72.9 Å². The van der Waals surface area contributed by atoms with Crippen LogP contribution < -0.4 is 5.32 Å². The Bertz CT molecular complexity index is 1040. The highest BCUT2D eigenvalue weighted by molar-refractivity contribution is 9.11. The van der Waals surface area contributed by atoms with Gasteiger partial charge in [-0.3, -0.25) is 14.5 Å². The fraction of sp³-hybridized carbons (Fsp3) is 0.273. The summed E-state index contributed by atoms with van der Waals surface area (Å²) in [4.78, 5) is 29.8. The van der Waals surface area contributed by atoms with Crippen molar-refractivity contribution in [2.75, 3.05) is 45.1 Å². The summed E-state index contributed by atoms with van der Waals surface area (Å²) in [6.07, 6.45) is 1.75. The maximum absolute atomic E-state index is 12.8. The van der Waals surface area contributed by atoms with Crippen LogP contribution in [0.15, 0.2) is 39.3 Å². The van der Waals surface area contributed by atoms with Gasteiger partial charge in [0, 0.05) is 48.6 Å². The first-order valence-electron chi connectivity index (χ1n) is 9.61. The number of hydrogen-bond acceptors (Lipinski definition) is 5. The Morgan fingerprint density at radius 1 is 1.13 bits per heavy atom. The van der Waals surface area contributed by atoms with Gasteiger partial charge >= 0.3 is 0 Å². The van der Waals surface area contributed by atoms with Gasteiger partial charge in [0.15, 0.2) is 5.78 Å². The number of carbonyl (C=O) groups is 2. The Morgan fingerprint density at radius 3 is 2.47 bits per heavy atom. The van der Waals surface area contributed by atoms with Gasteiger partial charge in [-0.2, -0.15) is 0 Å². The van der Waals surface area contributed by atoms with E-state index in [0.717, 1.165) is 31.7 Å². The van der Waals surface area contributed by atoms with Gasteiger partial charge < -0.3 is 15.3 Å². The number of hydrogen-bond donors (Lipinski definition) is 2. The minimum Gasteiger partial charge on any atom is -0.506 e. The van der Waals surface area contributed by atoms with Gasteiger partial charge in [-0.25, -0.2) is 0 Å². The highest BCUT2D eigenvalue weighted by atomic mass is 79.9. The first kappa shape index (κ1) is 21.2. The molecule has 4 rings (SSSR count).